The van der Waals surface area contributed by atoms with Crippen molar-refractivity contribution in [2.75, 3.05) is 12.4 Å². The highest BCUT2D eigenvalue weighted by atomic mass is 19.4. The van der Waals surface area contributed by atoms with Crippen LogP contribution < -0.4 is 10.1 Å². The topological polar surface area (TPSA) is 59.9 Å². The van der Waals surface area contributed by atoms with E-state index in [0.717, 1.165) is 17.7 Å². The zero-order chi connectivity index (χ0) is 18.7. The van der Waals surface area contributed by atoms with Gasteiger partial charge < -0.3 is 14.9 Å². The predicted molar refractivity (Wildman–Crippen MR) is 89.1 cm³/mol. The summed E-state index contributed by atoms with van der Waals surface area (Å²) in [5.74, 6) is 0.0769. The second-order valence-corrected chi connectivity index (χ2v) is 5.64. The molecule has 1 amide bonds. The number of alkyl halides is 3. The van der Waals surface area contributed by atoms with E-state index in [9.17, 15) is 18.0 Å². The molecular weight excluding hydrogens is 349 g/mol. The molecule has 1 aliphatic heterocycles. The lowest BCUT2D eigenvalue weighted by Gasteiger charge is -2.12. The van der Waals surface area contributed by atoms with Crippen LogP contribution in [0.5, 0.6) is 5.75 Å². The molecule has 0 fully saturated rings. The molecule has 1 atom stereocenters. The Kier molecular flexibility index (Phi) is 4.83. The van der Waals surface area contributed by atoms with Crippen molar-refractivity contribution in [3.05, 3.63) is 59.7 Å². The van der Waals surface area contributed by atoms with E-state index in [4.69, 9.17) is 9.57 Å². The summed E-state index contributed by atoms with van der Waals surface area (Å²) in [5.41, 5.74) is 0.519. The van der Waals surface area contributed by atoms with Crippen molar-refractivity contribution >= 4 is 17.3 Å². The molecule has 0 aliphatic carbocycles. The number of nitrogens with zero attached hydrogens (tertiary/aromatic N) is 1. The monoisotopic (exact) mass is 364 g/mol. The summed E-state index contributed by atoms with van der Waals surface area (Å²) in [4.78, 5) is 17.4. The smallest absolute Gasteiger partial charge is 0.416 e. The molecule has 0 aromatic heterocycles. The van der Waals surface area contributed by atoms with E-state index >= 15 is 0 Å². The van der Waals surface area contributed by atoms with Gasteiger partial charge in [0.25, 0.3) is 5.91 Å². The Morgan fingerprint density at radius 2 is 2.00 bits per heavy atom. The Morgan fingerprint density at radius 1 is 1.23 bits per heavy atom. The SMILES string of the molecule is COc1cccc(C2=NO[C@@H](C(=O)Nc3cccc(C(F)(F)F)c3)C2)c1. The van der Waals surface area contributed by atoms with E-state index in [2.05, 4.69) is 10.5 Å². The Labute approximate surface area is 147 Å². The van der Waals surface area contributed by atoms with E-state index < -0.39 is 23.8 Å². The first-order chi connectivity index (χ1) is 12.4. The molecule has 8 heteroatoms. The summed E-state index contributed by atoms with van der Waals surface area (Å²) < 4.78 is 43.4. The van der Waals surface area contributed by atoms with E-state index in [1.807, 2.05) is 0 Å². The zero-order valence-corrected chi connectivity index (χ0v) is 13.7. The summed E-state index contributed by atoms with van der Waals surface area (Å²) in [7, 11) is 1.54. The van der Waals surface area contributed by atoms with Crippen LogP contribution in [0.25, 0.3) is 0 Å². The molecular formula is C18H15F3N2O3. The quantitative estimate of drug-likeness (QED) is 0.897. The van der Waals surface area contributed by atoms with Crippen molar-refractivity contribution in [3.63, 3.8) is 0 Å². The number of halogens is 3. The molecule has 0 saturated heterocycles. The molecule has 3 rings (SSSR count). The summed E-state index contributed by atoms with van der Waals surface area (Å²) >= 11 is 0. The van der Waals surface area contributed by atoms with Gasteiger partial charge in [0.15, 0.2) is 0 Å². The largest absolute Gasteiger partial charge is 0.497 e. The van der Waals surface area contributed by atoms with Crippen LogP contribution in [0.2, 0.25) is 0 Å². The molecule has 1 aliphatic rings. The second-order valence-electron chi connectivity index (χ2n) is 5.64. The van der Waals surface area contributed by atoms with Crippen LogP contribution in [0, 0.1) is 0 Å². The number of ether oxygens (including phenoxy) is 1. The van der Waals surface area contributed by atoms with E-state index in [1.54, 1.807) is 24.3 Å². The fourth-order valence-electron chi connectivity index (χ4n) is 2.49. The number of hydrogen-bond acceptors (Lipinski definition) is 4. The number of anilines is 1. The number of rotatable bonds is 4. The Hall–Kier alpha value is -3.03. The average molecular weight is 364 g/mol. The lowest BCUT2D eigenvalue weighted by atomic mass is 10.0. The van der Waals surface area contributed by atoms with Gasteiger partial charge in [0, 0.05) is 17.7 Å². The van der Waals surface area contributed by atoms with Crippen LogP contribution in [0.4, 0.5) is 18.9 Å². The van der Waals surface area contributed by atoms with Crippen LogP contribution in [-0.2, 0) is 15.8 Å². The fourth-order valence-corrected chi connectivity index (χ4v) is 2.49. The van der Waals surface area contributed by atoms with Gasteiger partial charge in [-0.15, -0.1) is 0 Å². The van der Waals surface area contributed by atoms with Crippen LogP contribution >= 0.6 is 0 Å². The van der Waals surface area contributed by atoms with E-state index in [0.29, 0.717) is 11.5 Å². The Balaban J connectivity index is 1.66. The van der Waals surface area contributed by atoms with Gasteiger partial charge in [0.2, 0.25) is 6.10 Å². The van der Waals surface area contributed by atoms with Crippen LogP contribution in [0.1, 0.15) is 17.5 Å². The Morgan fingerprint density at radius 3 is 2.73 bits per heavy atom. The first kappa shape index (κ1) is 17.8. The molecule has 0 bridgehead atoms. The molecule has 5 nitrogen and oxygen atoms in total. The summed E-state index contributed by atoms with van der Waals surface area (Å²) in [5, 5.41) is 6.33. The standard InChI is InChI=1S/C18H15F3N2O3/c1-25-14-7-2-4-11(8-14)15-10-16(26-23-15)17(24)22-13-6-3-5-12(9-13)18(19,20)21/h2-9,16H,10H2,1H3,(H,22,24)/t16-/m1/s1. The maximum Gasteiger partial charge on any atom is 0.416 e. The molecule has 26 heavy (non-hydrogen) atoms. The predicted octanol–water partition coefficient (Wildman–Crippen LogP) is 3.85. The molecule has 1 heterocycles. The fraction of sp³-hybridized carbons (Fsp3) is 0.222. The number of nitrogens with one attached hydrogen (secondary N) is 1. The second kappa shape index (κ2) is 7.07. The number of carbonyl (C=O) groups excluding carboxylic acids is 1. The van der Waals surface area contributed by atoms with Gasteiger partial charge in [-0.05, 0) is 30.3 Å². The van der Waals surface area contributed by atoms with Crippen LogP contribution in [0.3, 0.4) is 0 Å². The van der Waals surface area contributed by atoms with Crippen molar-refractivity contribution in [2.24, 2.45) is 5.16 Å². The molecule has 0 unspecified atom stereocenters. The highest BCUT2D eigenvalue weighted by Crippen LogP contribution is 2.31. The summed E-state index contributed by atoms with van der Waals surface area (Å²) in [6, 6.07) is 11.5. The van der Waals surface area contributed by atoms with Gasteiger partial charge in [0.1, 0.15) is 5.75 Å². The van der Waals surface area contributed by atoms with Gasteiger partial charge >= 0.3 is 6.18 Å². The van der Waals surface area contributed by atoms with Gasteiger partial charge in [-0.2, -0.15) is 13.2 Å². The first-order valence-electron chi connectivity index (χ1n) is 7.72. The highest BCUT2D eigenvalue weighted by molar-refractivity contribution is 6.06. The third-order valence-corrected chi connectivity index (χ3v) is 3.82. The molecule has 1 N–H and O–H groups in total. The van der Waals surface area contributed by atoms with Crippen LogP contribution in [-0.4, -0.2) is 24.8 Å². The van der Waals surface area contributed by atoms with Crippen LogP contribution in [0.15, 0.2) is 53.7 Å². The van der Waals surface area contributed by atoms with Gasteiger partial charge in [-0.1, -0.05) is 23.4 Å². The third kappa shape index (κ3) is 3.96. The number of oxime groups is 1. The van der Waals surface area contributed by atoms with Crippen molar-refractivity contribution in [2.45, 2.75) is 18.7 Å². The summed E-state index contributed by atoms with van der Waals surface area (Å²) in [6.45, 7) is 0. The van der Waals surface area contributed by atoms with Crippen molar-refractivity contribution in [1.82, 2.24) is 0 Å². The third-order valence-electron chi connectivity index (χ3n) is 3.82. The molecule has 136 valence electrons. The lowest BCUT2D eigenvalue weighted by molar-refractivity contribution is -0.137. The van der Waals surface area contributed by atoms with Gasteiger partial charge in [-0.3, -0.25) is 4.79 Å². The van der Waals surface area contributed by atoms with Gasteiger partial charge in [-0.25, -0.2) is 0 Å². The van der Waals surface area contributed by atoms with Crippen molar-refractivity contribution < 1.29 is 27.5 Å². The molecule has 2 aromatic rings. The van der Waals surface area contributed by atoms with Crippen molar-refractivity contribution in [1.29, 1.82) is 0 Å². The minimum Gasteiger partial charge on any atom is -0.497 e. The maximum atomic E-state index is 12.7. The van der Waals surface area contributed by atoms with E-state index in [-0.39, 0.29) is 12.1 Å². The van der Waals surface area contributed by atoms with Gasteiger partial charge in [0.05, 0.1) is 18.4 Å². The zero-order valence-electron chi connectivity index (χ0n) is 13.7. The number of amides is 1. The minimum atomic E-state index is -4.48. The average Bonchev–Trinajstić information content (AvgIpc) is 3.11. The highest BCUT2D eigenvalue weighted by Gasteiger charge is 2.32. The number of benzene rings is 2. The lowest BCUT2D eigenvalue weighted by Crippen LogP contribution is -2.28. The number of methoxy groups -OCH3 is 1. The molecule has 2 aromatic carbocycles. The minimum absolute atomic E-state index is 0.0447. The first-order valence-corrected chi connectivity index (χ1v) is 7.72. The summed E-state index contributed by atoms with van der Waals surface area (Å²) in [6.07, 6.45) is -5.18. The van der Waals surface area contributed by atoms with E-state index in [1.165, 1.54) is 19.2 Å². The normalized spacial score (nSPS) is 16.6. The molecule has 0 saturated carbocycles. The van der Waals surface area contributed by atoms with Crippen molar-refractivity contribution in [3.8, 4) is 5.75 Å². The number of hydrogen-bond donors (Lipinski definition) is 1. The number of carbonyl (C=O) groups is 1. The maximum absolute atomic E-state index is 12.7. The molecule has 0 spiro atoms. The Bertz CT molecular complexity index is 850. The molecule has 0 radical (unpaired) electrons.